The average Bonchev–Trinajstić information content (AvgIpc) is 3.04. The van der Waals surface area contributed by atoms with Crippen molar-refractivity contribution in [3.63, 3.8) is 0 Å². The number of nitrogens with zero attached hydrogens (tertiary/aromatic N) is 3. The minimum atomic E-state index is -0.226. The molecule has 2 N–H and O–H groups in total. The minimum Gasteiger partial charge on any atom is -0.375 e. The molecule has 2 rings (SSSR count). The van der Waals surface area contributed by atoms with E-state index in [-0.39, 0.29) is 29.8 Å². The summed E-state index contributed by atoms with van der Waals surface area (Å²) in [6, 6.07) is 5.24. The van der Waals surface area contributed by atoms with Crippen LogP contribution in [0.15, 0.2) is 28.6 Å². The van der Waals surface area contributed by atoms with Gasteiger partial charge in [0.1, 0.15) is 10.8 Å². The van der Waals surface area contributed by atoms with E-state index in [9.17, 15) is 4.39 Å². The van der Waals surface area contributed by atoms with Crippen LogP contribution in [0.25, 0.3) is 0 Å². The fourth-order valence-electron chi connectivity index (χ4n) is 2.26. The van der Waals surface area contributed by atoms with Crippen LogP contribution in [0, 0.1) is 5.82 Å². The summed E-state index contributed by atoms with van der Waals surface area (Å²) in [5, 5.41) is 9.55. The van der Waals surface area contributed by atoms with Gasteiger partial charge in [0.2, 0.25) is 0 Å². The SMILES string of the molecule is CN=C(NCc1ccc(N(C)C)c(F)c1)NCc1nc(C(C)C)cs1.I. The summed E-state index contributed by atoms with van der Waals surface area (Å²) in [6.07, 6.45) is 0. The first kappa shape index (κ1) is 22.6. The molecule has 0 fully saturated rings. The Morgan fingerprint density at radius 3 is 2.50 bits per heavy atom. The molecule has 5 nitrogen and oxygen atoms in total. The Morgan fingerprint density at radius 2 is 1.96 bits per heavy atom. The summed E-state index contributed by atoms with van der Waals surface area (Å²) in [5.74, 6) is 0.872. The van der Waals surface area contributed by atoms with Crippen LogP contribution in [0.5, 0.6) is 0 Å². The van der Waals surface area contributed by atoms with Crippen LogP contribution < -0.4 is 15.5 Å². The molecule has 0 amide bonds. The number of guanidine groups is 1. The Hall–Kier alpha value is -1.42. The van der Waals surface area contributed by atoms with Gasteiger partial charge in [-0.3, -0.25) is 4.99 Å². The van der Waals surface area contributed by atoms with E-state index in [1.807, 2.05) is 20.2 Å². The fraction of sp³-hybridized carbons (Fsp3) is 0.444. The highest BCUT2D eigenvalue weighted by Gasteiger charge is 2.08. The van der Waals surface area contributed by atoms with Crippen molar-refractivity contribution in [2.24, 2.45) is 4.99 Å². The van der Waals surface area contributed by atoms with Crippen LogP contribution >= 0.6 is 35.3 Å². The quantitative estimate of drug-likeness (QED) is 0.365. The van der Waals surface area contributed by atoms with Crippen LogP contribution in [0.2, 0.25) is 0 Å². The Labute approximate surface area is 176 Å². The lowest BCUT2D eigenvalue weighted by Crippen LogP contribution is -2.36. The zero-order valence-electron chi connectivity index (χ0n) is 15.8. The molecule has 1 aromatic carbocycles. The van der Waals surface area contributed by atoms with Crippen molar-refractivity contribution in [2.75, 3.05) is 26.0 Å². The zero-order valence-corrected chi connectivity index (χ0v) is 19.0. The number of aromatic nitrogens is 1. The van der Waals surface area contributed by atoms with E-state index in [0.717, 1.165) is 16.3 Å². The number of nitrogens with one attached hydrogen (secondary N) is 2. The highest BCUT2D eigenvalue weighted by Crippen LogP contribution is 2.18. The van der Waals surface area contributed by atoms with Crippen molar-refractivity contribution >= 4 is 47.0 Å². The van der Waals surface area contributed by atoms with Gasteiger partial charge in [-0.2, -0.15) is 0 Å². The number of thiazole rings is 1. The van der Waals surface area contributed by atoms with Crippen LogP contribution in [-0.4, -0.2) is 32.1 Å². The van der Waals surface area contributed by atoms with E-state index in [4.69, 9.17) is 0 Å². The summed E-state index contributed by atoms with van der Waals surface area (Å²) in [5.41, 5.74) is 2.56. The molecule has 8 heteroatoms. The van der Waals surface area contributed by atoms with Crippen molar-refractivity contribution < 1.29 is 4.39 Å². The molecule has 0 saturated heterocycles. The van der Waals surface area contributed by atoms with E-state index >= 15 is 0 Å². The maximum atomic E-state index is 14.0. The lowest BCUT2D eigenvalue weighted by atomic mass is 10.2. The lowest BCUT2D eigenvalue weighted by Gasteiger charge is -2.15. The van der Waals surface area contributed by atoms with Crippen molar-refractivity contribution in [3.05, 3.63) is 45.7 Å². The highest BCUT2D eigenvalue weighted by molar-refractivity contribution is 14.0. The molecule has 144 valence electrons. The third-order valence-electron chi connectivity index (χ3n) is 3.75. The van der Waals surface area contributed by atoms with Gasteiger partial charge in [0.05, 0.1) is 17.9 Å². The summed E-state index contributed by atoms with van der Waals surface area (Å²) >= 11 is 1.64. The van der Waals surface area contributed by atoms with Gasteiger partial charge in [-0.05, 0) is 23.6 Å². The number of benzene rings is 1. The van der Waals surface area contributed by atoms with Gasteiger partial charge >= 0.3 is 0 Å². The van der Waals surface area contributed by atoms with Gasteiger partial charge in [0.15, 0.2) is 5.96 Å². The largest absolute Gasteiger partial charge is 0.375 e. The molecule has 1 aromatic heterocycles. The summed E-state index contributed by atoms with van der Waals surface area (Å²) in [4.78, 5) is 10.5. The summed E-state index contributed by atoms with van der Waals surface area (Å²) in [6.45, 7) is 5.38. The standard InChI is InChI=1S/C18H26FN5S.HI/c1-12(2)15-11-25-17(23-15)10-22-18(20-3)21-9-13-6-7-16(24(4)5)14(19)8-13;/h6-8,11-12H,9-10H2,1-5H3,(H2,20,21,22);1H. The monoisotopic (exact) mass is 491 g/mol. The number of aliphatic imine (C=N–C) groups is 1. The number of hydrogen-bond acceptors (Lipinski definition) is 4. The molecule has 0 aliphatic carbocycles. The van der Waals surface area contributed by atoms with Crippen molar-refractivity contribution in [1.82, 2.24) is 15.6 Å². The number of anilines is 1. The first-order chi connectivity index (χ1) is 11.9. The number of halogens is 2. The smallest absolute Gasteiger partial charge is 0.191 e. The summed E-state index contributed by atoms with van der Waals surface area (Å²) < 4.78 is 14.0. The number of rotatable bonds is 6. The molecule has 0 atom stereocenters. The molecular weight excluding hydrogens is 464 g/mol. The van der Waals surface area contributed by atoms with Gasteiger partial charge in [-0.25, -0.2) is 9.37 Å². The van der Waals surface area contributed by atoms with Crippen LogP contribution in [0.1, 0.15) is 36.0 Å². The third-order valence-corrected chi connectivity index (χ3v) is 4.61. The second-order valence-electron chi connectivity index (χ2n) is 6.28. The Bertz CT molecular complexity index is 730. The molecule has 0 unspecified atom stereocenters. The Balaban J connectivity index is 0.00000338. The van der Waals surface area contributed by atoms with E-state index in [2.05, 4.69) is 39.8 Å². The van der Waals surface area contributed by atoms with E-state index in [0.29, 0.717) is 30.7 Å². The fourth-order valence-corrected chi connectivity index (χ4v) is 3.16. The van der Waals surface area contributed by atoms with Gasteiger partial charge < -0.3 is 15.5 Å². The molecule has 0 saturated carbocycles. The molecule has 1 heterocycles. The lowest BCUT2D eigenvalue weighted by molar-refractivity contribution is 0.623. The maximum Gasteiger partial charge on any atom is 0.191 e. The topological polar surface area (TPSA) is 52.6 Å². The minimum absolute atomic E-state index is 0. The predicted octanol–water partition coefficient (Wildman–Crippen LogP) is 3.95. The van der Waals surface area contributed by atoms with Gasteiger partial charge in [0, 0.05) is 33.1 Å². The molecule has 26 heavy (non-hydrogen) atoms. The second kappa shape index (κ2) is 10.7. The van der Waals surface area contributed by atoms with Crippen LogP contribution in [0.3, 0.4) is 0 Å². The molecule has 0 radical (unpaired) electrons. The maximum absolute atomic E-state index is 14.0. The zero-order chi connectivity index (χ0) is 18.4. The van der Waals surface area contributed by atoms with Crippen molar-refractivity contribution in [1.29, 1.82) is 0 Å². The Kier molecular flexibility index (Phi) is 9.28. The molecule has 2 aromatic rings. The average molecular weight is 491 g/mol. The first-order valence-corrected chi connectivity index (χ1v) is 9.13. The molecular formula is C18H27FIN5S. The van der Waals surface area contributed by atoms with Gasteiger partial charge in [-0.1, -0.05) is 19.9 Å². The molecule has 0 aliphatic rings. The van der Waals surface area contributed by atoms with Crippen LogP contribution in [-0.2, 0) is 13.1 Å². The van der Waals surface area contributed by atoms with Gasteiger partial charge in [-0.15, -0.1) is 35.3 Å². The molecule has 0 bridgehead atoms. The van der Waals surface area contributed by atoms with E-state index in [1.165, 1.54) is 0 Å². The van der Waals surface area contributed by atoms with E-state index < -0.39 is 0 Å². The van der Waals surface area contributed by atoms with E-state index in [1.54, 1.807) is 35.4 Å². The third kappa shape index (κ3) is 6.39. The van der Waals surface area contributed by atoms with Crippen molar-refractivity contribution in [2.45, 2.75) is 32.9 Å². The highest BCUT2D eigenvalue weighted by atomic mass is 127. The number of hydrogen-bond donors (Lipinski definition) is 2. The normalized spacial score (nSPS) is 11.3. The first-order valence-electron chi connectivity index (χ1n) is 8.25. The van der Waals surface area contributed by atoms with Gasteiger partial charge in [0.25, 0.3) is 0 Å². The van der Waals surface area contributed by atoms with Crippen molar-refractivity contribution in [3.8, 4) is 0 Å². The Morgan fingerprint density at radius 1 is 1.27 bits per heavy atom. The van der Waals surface area contributed by atoms with Crippen LogP contribution in [0.4, 0.5) is 10.1 Å². The molecule has 0 aliphatic heterocycles. The second-order valence-corrected chi connectivity index (χ2v) is 7.22. The molecule has 0 spiro atoms. The summed E-state index contributed by atoms with van der Waals surface area (Å²) in [7, 11) is 5.36. The predicted molar refractivity (Wildman–Crippen MR) is 119 cm³/mol.